The van der Waals surface area contributed by atoms with Gasteiger partial charge in [0, 0.05) is 10.4 Å². The summed E-state index contributed by atoms with van der Waals surface area (Å²) in [5, 5.41) is 15.0. The van der Waals surface area contributed by atoms with Crippen LogP contribution in [0.4, 0.5) is 5.82 Å². The molecule has 5 heteroatoms. The number of para-hydroxylation sites is 1. The van der Waals surface area contributed by atoms with Crippen LogP contribution in [0.3, 0.4) is 0 Å². The summed E-state index contributed by atoms with van der Waals surface area (Å²) in [5.41, 5.74) is 2.33. The minimum atomic E-state index is 0.0284. The molecule has 0 saturated heterocycles. The van der Waals surface area contributed by atoms with E-state index in [4.69, 9.17) is 4.98 Å². The van der Waals surface area contributed by atoms with E-state index in [9.17, 15) is 5.11 Å². The Labute approximate surface area is 145 Å². The largest absolute Gasteiger partial charge is 0.508 e. The SMILES string of the molecule is CC[C@@H](Nc1nc(C)nc2sc3c(c12)CCC3)c1ccccc1O. The second-order valence-corrected chi connectivity index (χ2v) is 7.40. The lowest BCUT2D eigenvalue weighted by molar-refractivity contribution is 0.462. The number of phenolic OH excluding ortho intramolecular Hbond substituents is 1. The fourth-order valence-corrected chi connectivity index (χ4v) is 4.86. The van der Waals surface area contributed by atoms with Crippen LogP contribution in [0.15, 0.2) is 24.3 Å². The summed E-state index contributed by atoms with van der Waals surface area (Å²) in [6.07, 6.45) is 4.37. The van der Waals surface area contributed by atoms with E-state index < -0.39 is 0 Å². The molecule has 1 aromatic carbocycles. The van der Waals surface area contributed by atoms with Crippen molar-refractivity contribution in [2.24, 2.45) is 0 Å². The average Bonchev–Trinajstić information content (AvgIpc) is 3.13. The van der Waals surface area contributed by atoms with Crippen molar-refractivity contribution in [3.8, 4) is 5.75 Å². The molecule has 0 bridgehead atoms. The van der Waals surface area contributed by atoms with Crippen LogP contribution in [0.1, 0.15) is 47.6 Å². The first-order chi connectivity index (χ1) is 11.7. The Bertz CT molecular complexity index is 903. The van der Waals surface area contributed by atoms with Gasteiger partial charge in [-0.2, -0.15) is 0 Å². The van der Waals surface area contributed by atoms with Crippen LogP contribution in [0, 0.1) is 6.92 Å². The fraction of sp³-hybridized carbons (Fsp3) is 0.368. The predicted octanol–water partition coefficient (Wildman–Crippen LogP) is 4.76. The molecule has 0 amide bonds. The molecule has 124 valence electrons. The summed E-state index contributed by atoms with van der Waals surface area (Å²) in [6.45, 7) is 4.06. The Kier molecular flexibility index (Phi) is 3.88. The first-order valence-corrected chi connectivity index (χ1v) is 9.32. The van der Waals surface area contributed by atoms with Crippen LogP contribution >= 0.6 is 11.3 Å². The van der Waals surface area contributed by atoms with Crippen molar-refractivity contribution in [2.75, 3.05) is 5.32 Å². The summed E-state index contributed by atoms with van der Waals surface area (Å²) in [4.78, 5) is 11.9. The van der Waals surface area contributed by atoms with Gasteiger partial charge in [-0.1, -0.05) is 25.1 Å². The molecular formula is C19H21N3OS. The lowest BCUT2D eigenvalue weighted by Gasteiger charge is -2.20. The maximum absolute atomic E-state index is 10.2. The topological polar surface area (TPSA) is 58.0 Å². The highest BCUT2D eigenvalue weighted by Gasteiger charge is 2.23. The van der Waals surface area contributed by atoms with E-state index in [1.807, 2.05) is 36.5 Å². The molecule has 0 unspecified atom stereocenters. The first kappa shape index (κ1) is 15.4. The molecule has 1 aliphatic carbocycles. The van der Waals surface area contributed by atoms with E-state index in [0.29, 0.717) is 5.75 Å². The van der Waals surface area contributed by atoms with Gasteiger partial charge in [0.15, 0.2) is 0 Å². The van der Waals surface area contributed by atoms with Crippen LogP contribution in [0.25, 0.3) is 10.2 Å². The Morgan fingerprint density at radius 1 is 1.25 bits per heavy atom. The van der Waals surface area contributed by atoms with Crippen molar-refractivity contribution in [3.05, 3.63) is 46.1 Å². The van der Waals surface area contributed by atoms with Gasteiger partial charge in [-0.05, 0) is 44.2 Å². The molecule has 1 aliphatic rings. The highest BCUT2D eigenvalue weighted by Crippen LogP contribution is 2.40. The number of benzene rings is 1. The number of aromatic nitrogens is 2. The number of anilines is 1. The molecule has 2 aromatic heterocycles. The van der Waals surface area contributed by atoms with E-state index in [2.05, 4.69) is 17.2 Å². The maximum Gasteiger partial charge on any atom is 0.139 e. The Morgan fingerprint density at radius 3 is 2.88 bits per heavy atom. The highest BCUT2D eigenvalue weighted by atomic mass is 32.1. The second-order valence-electron chi connectivity index (χ2n) is 6.32. The van der Waals surface area contributed by atoms with E-state index >= 15 is 0 Å². The molecule has 2 N–H and O–H groups in total. The van der Waals surface area contributed by atoms with Gasteiger partial charge in [-0.15, -0.1) is 11.3 Å². The van der Waals surface area contributed by atoms with Gasteiger partial charge in [0.25, 0.3) is 0 Å². The molecule has 0 fully saturated rings. The number of thiophene rings is 1. The van der Waals surface area contributed by atoms with E-state index in [0.717, 1.165) is 41.3 Å². The summed E-state index contributed by atoms with van der Waals surface area (Å²) in [5.74, 6) is 2.03. The molecule has 4 nitrogen and oxygen atoms in total. The Hall–Kier alpha value is -2.14. The van der Waals surface area contributed by atoms with E-state index in [1.54, 1.807) is 6.07 Å². The molecule has 24 heavy (non-hydrogen) atoms. The number of aryl methyl sites for hydroxylation is 3. The molecule has 0 spiro atoms. The molecule has 1 atom stereocenters. The highest BCUT2D eigenvalue weighted by molar-refractivity contribution is 7.19. The molecule has 3 aromatic rings. The zero-order valence-corrected chi connectivity index (χ0v) is 14.8. The number of fused-ring (bicyclic) bond motifs is 3. The number of hydrogen-bond acceptors (Lipinski definition) is 5. The number of aromatic hydroxyl groups is 1. The normalized spacial score (nSPS) is 14.8. The van der Waals surface area contributed by atoms with Gasteiger partial charge >= 0.3 is 0 Å². The van der Waals surface area contributed by atoms with Crippen molar-refractivity contribution in [1.82, 2.24) is 9.97 Å². The van der Waals surface area contributed by atoms with E-state index in [-0.39, 0.29) is 6.04 Å². The lowest BCUT2D eigenvalue weighted by atomic mass is 10.0. The first-order valence-electron chi connectivity index (χ1n) is 8.50. The molecule has 2 heterocycles. The van der Waals surface area contributed by atoms with Crippen LogP contribution in [-0.4, -0.2) is 15.1 Å². The van der Waals surface area contributed by atoms with Gasteiger partial charge in [0.1, 0.15) is 22.2 Å². The van der Waals surface area contributed by atoms with Crippen molar-refractivity contribution in [1.29, 1.82) is 0 Å². The van der Waals surface area contributed by atoms with Crippen LogP contribution in [0.2, 0.25) is 0 Å². The Balaban J connectivity index is 1.80. The quantitative estimate of drug-likeness (QED) is 0.720. The molecule has 0 saturated carbocycles. The number of nitrogens with one attached hydrogen (secondary N) is 1. The second kappa shape index (κ2) is 6.06. The van der Waals surface area contributed by atoms with Crippen molar-refractivity contribution in [3.63, 3.8) is 0 Å². The fourth-order valence-electron chi connectivity index (χ4n) is 3.55. The summed E-state index contributed by atoms with van der Waals surface area (Å²) in [7, 11) is 0. The average molecular weight is 339 g/mol. The summed E-state index contributed by atoms with van der Waals surface area (Å²) >= 11 is 1.81. The van der Waals surface area contributed by atoms with Gasteiger partial charge in [0.05, 0.1) is 11.4 Å². The minimum Gasteiger partial charge on any atom is -0.508 e. The number of nitrogens with zero attached hydrogens (tertiary/aromatic N) is 2. The van der Waals surface area contributed by atoms with Crippen molar-refractivity contribution in [2.45, 2.75) is 45.6 Å². The zero-order chi connectivity index (χ0) is 16.7. The lowest BCUT2D eigenvalue weighted by Crippen LogP contribution is -2.12. The van der Waals surface area contributed by atoms with Crippen LogP contribution in [-0.2, 0) is 12.8 Å². The summed E-state index contributed by atoms with van der Waals surface area (Å²) in [6, 6.07) is 7.55. The Morgan fingerprint density at radius 2 is 2.08 bits per heavy atom. The van der Waals surface area contributed by atoms with E-state index in [1.165, 1.54) is 22.2 Å². The van der Waals surface area contributed by atoms with Crippen molar-refractivity contribution < 1.29 is 5.11 Å². The molecule has 4 rings (SSSR count). The molecule has 0 radical (unpaired) electrons. The standard InChI is InChI=1S/C19H21N3OS/c1-3-14(12-7-4-5-9-15(12)23)22-18-17-13-8-6-10-16(13)24-19(17)21-11(2)20-18/h4-5,7,9,14,23H,3,6,8,10H2,1-2H3,(H,20,21,22)/t14-/m1/s1. The number of phenols is 1. The number of rotatable bonds is 4. The van der Waals surface area contributed by atoms with Crippen LogP contribution in [0.5, 0.6) is 5.75 Å². The third kappa shape index (κ3) is 2.53. The monoisotopic (exact) mass is 339 g/mol. The van der Waals surface area contributed by atoms with Crippen LogP contribution < -0.4 is 5.32 Å². The predicted molar refractivity (Wildman–Crippen MR) is 98.9 cm³/mol. The summed E-state index contributed by atoms with van der Waals surface area (Å²) < 4.78 is 0. The third-order valence-corrected chi connectivity index (χ3v) is 5.89. The zero-order valence-electron chi connectivity index (χ0n) is 14.0. The van der Waals surface area contributed by atoms with Crippen molar-refractivity contribution >= 4 is 27.4 Å². The third-order valence-electron chi connectivity index (χ3n) is 4.71. The van der Waals surface area contributed by atoms with Gasteiger partial charge in [-0.3, -0.25) is 0 Å². The van der Waals surface area contributed by atoms with Gasteiger partial charge in [0.2, 0.25) is 0 Å². The maximum atomic E-state index is 10.2. The van der Waals surface area contributed by atoms with Gasteiger partial charge in [-0.25, -0.2) is 9.97 Å². The number of hydrogen-bond donors (Lipinski definition) is 2. The smallest absolute Gasteiger partial charge is 0.139 e. The van der Waals surface area contributed by atoms with Gasteiger partial charge < -0.3 is 10.4 Å². The molecular weight excluding hydrogens is 318 g/mol. The molecule has 0 aliphatic heterocycles. The minimum absolute atomic E-state index is 0.0284.